The van der Waals surface area contributed by atoms with E-state index in [1.807, 2.05) is 37.3 Å². The number of rotatable bonds is 4. The first-order valence-electron chi connectivity index (χ1n) is 6.72. The summed E-state index contributed by atoms with van der Waals surface area (Å²) in [5, 5.41) is 0. The van der Waals surface area contributed by atoms with E-state index in [1.165, 1.54) is 4.90 Å². The second kappa shape index (κ2) is 4.46. The van der Waals surface area contributed by atoms with Crippen molar-refractivity contribution >= 4 is 11.8 Å². The molecule has 0 aromatic heterocycles. The van der Waals surface area contributed by atoms with Crippen LogP contribution in [0, 0.1) is 5.92 Å². The third-order valence-corrected chi connectivity index (χ3v) is 4.12. The molecule has 2 aliphatic rings. The molecule has 100 valence electrons. The van der Waals surface area contributed by atoms with Crippen molar-refractivity contribution in [3.05, 3.63) is 35.9 Å². The number of fused-ring (bicyclic) bond motifs is 1. The molecule has 0 spiro atoms. The summed E-state index contributed by atoms with van der Waals surface area (Å²) in [6, 6.07) is 9.59. The average Bonchev–Trinajstić information content (AvgIpc) is 2.52. The second-order valence-electron chi connectivity index (χ2n) is 5.13. The van der Waals surface area contributed by atoms with E-state index < -0.39 is 5.60 Å². The van der Waals surface area contributed by atoms with Crippen molar-refractivity contribution in [3.63, 3.8) is 0 Å². The number of amides is 2. The molecule has 3 rings (SSSR count). The van der Waals surface area contributed by atoms with Gasteiger partial charge >= 0.3 is 0 Å². The lowest BCUT2D eigenvalue weighted by molar-refractivity contribution is -0.166. The van der Waals surface area contributed by atoms with Gasteiger partial charge in [-0.1, -0.05) is 30.3 Å². The van der Waals surface area contributed by atoms with E-state index in [0.717, 1.165) is 12.0 Å². The molecule has 4 heteroatoms. The average molecular weight is 259 g/mol. The Bertz CT molecular complexity index is 513. The van der Waals surface area contributed by atoms with Crippen LogP contribution in [-0.4, -0.2) is 28.9 Å². The lowest BCUT2D eigenvalue weighted by Gasteiger charge is -2.39. The van der Waals surface area contributed by atoms with Crippen LogP contribution in [0.15, 0.2) is 30.3 Å². The van der Waals surface area contributed by atoms with Gasteiger partial charge in [0.15, 0.2) is 5.60 Å². The molecule has 0 bridgehead atoms. The quantitative estimate of drug-likeness (QED) is 0.774. The highest BCUT2D eigenvalue weighted by atomic mass is 16.5. The van der Waals surface area contributed by atoms with Gasteiger partial charge in [-0.3, -0.25) is 14.5 Å². The fraction of sp³-hybridized carbons (Fsp3) is 0.467. The smallest absolute Gasteiger partial charge is 0.262 e. The number of ether oxygens (including phenoxy) is 1. The van der Waals surface area contributed by atoms with Crippen LogP contribution in [-0.2, 0) is 20.9 Å². The Hall–Kier alpha value is -1.68. The number of hydrogen-bond donors (Lipinski definition) is 0. The Morgan fingerprint density at radius 1 is 1.32 bits per heavy atom. The number of carbonyl (C=O) groups is 2. The van der Waals surface area contributed by atoms with Crippen molar-refractivity contribution < 1.29 is 14.3 Å². The van der Waals surface area contributed by atoms with Gasteiger partial charge in [0.05, 0.1) is 12.5 Å². The predicted molar refractivity (Wildman–Crippen MR) is 69.1 cm³/mol. The molecular weight excluding hydrogens is 242 g/mol. The molecule has 1 aromatic carbocycles. The van der Waals surface area contributed by atoms with E-state index in [0.29, 0.717) is 19.6 Å². The molecule has 2 fully saturated rings. The summed E-state index contributed by atoms with van der Waals surface area (Å²) in [6.45, 7) is 2.68. The molecule has 1 saturated carbocycles. The number of carbonyl (C=O) groups excluding carboxylic acids is 2. The summed E-state index contributed by atoms with van der Waals surface area (Å²) in [7, 11) is 0. The van der Waals surface area contributed by atoms with E-state index in [2.05, 4.69) is 0 Å². The van der Waals surface area contributed by atoms with E-state index in [-0.39, 0.29) is 17.7 Å². The first-order valence-corrected chi connectivity index (χ1v) is 6.72. The summed E-state index contributed by atoms with van der Waals surface area (Å²) in [4.78, 5) is 26.1. The van der Waals surface area contributed by atoms with Gasteiger partial charge in [0.1, 0.15) is 0 Å². The van der Waals surface area contributed by atoms with Crippen molar-refractivity contribution in [1.82, 2.24) is 4.90 Å². The van der Waals surface area contributed by atoms with Crippen LogP contribution < -0.4 is 0 Å². The second-order valence-corrected chi connectivity index (χ2v) is 5.13. The van der Waals surface area contributed by atoms with Gasteiger partial charge in [-0.05, 0) is 25.3 Å². The molecule has 19 heavy (non-hydrogen) atoms. The van der Waals surface area contributed by atoms with Gasteiger partial charge in [-0.15, -0.1) is 0 Å². The van der Waals surface area contributed by atoms with Gasteiger partial charge in [0.2, 0.25) is 5.91 Å². The molecule has 2 amide bonds. The van der Waals surface area contributed by atoms with Gasteiger partial charge in [-0.25, -0.2) is 0 Å². The number of nitrogens with zero attached hydrogens (tertiary/aromatic N) is 1. The minimum atomic E-state index is -0.847. The molecule has 1 aromatic rings. The molecule has 0 radical (unpaired) electrons. The molecule has 2 unspecified atom stereocenters. The topological polar surface area (TPSA) is 46.6 Å². The molecular formula is C15H17NO3. The van der Waals surface area contributed by atoms with Crippen molar-refractivity contribution in [1.29, 1.82) is 0 Å². The normalized spacial score (nSPS) is 29.3. The zero-order valence-corrected chi connectivity index (χ0v) is 11.0. The van der Waals surface area contributed by atoms with Gasteiger partial charge in [-0.2, -0.15) is 0 Å². The first-order chi connectivity index (χ1) is 9.19. The number of benzene rings is 1. The van der Waals surface area contributed by atoms with Crippen molar-refractivity contribution in [2.45, 2.75) is 31.9 Å². The first kappa shape index (κ1) is 12.4. The van der Waals surface area contributed by atoms with Crippen LogP contribution >= 0.6 is 0 Å². The Kier molecular flexibility index (Phi) is 2.90. The standard InChI is InChI=1S/C15H17NO3/c1-2-19-15-9-8-12(15)13(17)16(14(15)18)10-11-6-4-3-5-7-11/h3-7,12H,2,8-10H2,1H3. The van der Waals surface area contributed by atoms with Crippen LogP contribution in [0.3, 0.4) is 0 Å². The largest absolute Gasteiger partial charge is 0.365 e. The van der Waals surface area contributed by atoms with Crippen LogP contribution in [0.2, 0.25) is 0 Å². The van der Waals surface area contributed by atoms with Crippen LogP contribution in [0.4, 0.5) is 0 Å². The number of imide groups is 1. The molecule has 1 aliphatic carbocycles. The Morgan fingerprint density at radius 3 is 2.63 bits per heavy atom. The summed E-state index contributed by atoms with van der Waals surface area (Å²) in [5.41, 5.74) is 0.123. The van der Waals surface area contributed by atoms with Gasteiger partial charge in [0, 0.05) is 6.61 Å². The van der Waals surface area contributed by atoms with Crippen LogP contribution in [0.1, 0.15) is 25.3 Å². The molecule has 4 nitrogen and oxygen atoms in total. The number of likely N-dealkylation sites (tertiary alicyclic amines) is 1. The van der Waals surface area contributed by atoms with Crippen LogP contribution in [0.5, 0.6) is 0 Å². The Morgan fingerprint density at radius 2 is 2.05 bits per heavy atom. The summed E-state index contributed by atoms with van der Waals surface area (Å²) in [6.07, 6.45) is 1.43. The van der Waals surface area contributed by atoms with E-state index >= 15 is 0 Å². The highest BCUT2D eigenvalue weighted by molar-refractivity contribution is 6.10. The lowest BCUT2D eigenvalue weighted by Crippen LogP contribution is -2.52. The summed E-state index contributed by atoms with van der Waals surface area (Å²) >= 11 is 0. The van der Waals surface area contributed by atoms with Crippen molar-refractivity contribution in [3.8, 4) is 0 Å². The van der Waals surface area contributed by atoms with Crippen LogP contribution in [0.25, 0.3) is 0 Å². The van der Waals surface area contributed by atoms with Crippen molar-refractivity contribution in [2.24, 2.45) is 5.92 Å². The monoisotopic (exact) mass is 259 g/mol. The molecule has 1 heterocycles. The SMILES string of the molecule is CCOC12CCC1C(=O)N(Cc1ccccc1)C2=O. The third-order valence-electron chi connectivity index (χ3n) is 4.12. The van der Waals surface area contributed by atoms with E-state index in [4.69, 9.17) is 4.74 Å². The Balaban J connectivity index is 1.84. The highest BCUT2D eigenvalue weighted by Crippen LogP contribution is 2.49. The fourth-order valence-electron chi connectivity index (χ4n) is 3.05. The minimum Gasteiger partial charge on any atom is -0.365 e. The molecule has 1 aliphatic heterocycles. The third kappa shape index (κ3) is 1.70. The maximum atomic E-state index is 12.5. The van der Waals surface area contributed by atoms with E-state index in [1.54, 1.807) is 0 Å². The zero-order valence-electron chi connectivity index (χ0n) is 11.0. The minimum absolute atomic E-state index is 0.0754. The van der Waals surface area contributed by atoms with Gasteiger partial charge < -0.3 is 4.74 Å². The van der Waals surface area contributed by atoms with E-state index in [9.17, 15) is 9.59 Å². The molecule has 2 atom stereocenters. The summed E-state index contributed by atoms with van der Waals surface area (Å²) < 4.78 is 5.63. The lowest BCUT2D eigenvalue weighted by atomic mass is 9.71. The molecule has 1 saturated heterocycles. The predicted octanol–water partition coefficient (Wildman–Crippen LogP) is 1.74. The molecule has 0 N–H and O–H groups in total. The maximum absolute atomic E-state index is 12.5. The van der Waals surface area contributed by atoms with Gasteiger partial charge in [0.25, 0.3) is 5.91 Å². The Labute approximate surface area is 112 Å². The van der Waals surface area contributed by atoms with Crippen molar-refractivity contribution in [2.75, 3.05) is 6.61 Å². The zero-order chi connectivity index (χ0) is 13.5. The maximum Gasteiger partial charge on any atom is 0.262 e. The summed E-state index contributed by atoms with van der Waals surface area (Å²) in [5.74, 6) is -0.489. The number of hydrogen-bond acceptors (Lipinski definition) is 3. The fourth-order valence-corrected chi connectivity index (χ4v) is 3.05. The highest BCUT2D eigenvalue weighted by Gasteiger charge is 2.65.